The van der Waals surface area contributed by atoms with E-state index in [0.717, 1.165) is 32.7 Å². The van der Waals surface area contributed by atoms with E-state index >= 15 is 0 Å². The molecule has 0 saturated carbocycles. The molecule has 1 amide bonds. The van der Waals surface area contributed by atoms with Crippen LogP contribution in [0.25, 0.3) is 0 Å². The average molecular weight is 271 g/mol. The Morgan fingerprint density at radius 1 is 1.37 bits per heavy atom. The third kappa shape index (κ3) is 5.89. The van der Waals surface area contributed by atoms with Gasteiger partial charge in [-0.25, -0.2) is 0 Å². The van der Waals surface area contributed by atoms with Gasteiger partial charge >= 0.3 is 0 Å². The number of carbonyl (C=O) groups excluding carboxylic acids is 1. The van der Waals surface area contributed by atoms with Crippen LogP contribution in [0.4, 0.5) is 0 Å². The van der Waals surface area contributed by atoms with E-state index in [-0.39, 0.29) is 5.91 Å². The van der Waals surface area contributed by atoms with E-state index in [1.807, 2.05) is 18.7 Å². The standard InChI is InChI=1S/C14H29N3O2/c1-4-17(5-2)14(18)12-16(9-10-19-3)11-13-7-6-8-15-13/h13,15H,4-12H2,1-3H3. The minimum absolute atomic E-state index is 0.221. The van der Waals surface area contributed by atoms with Gasteiger partial charge in [0.2, 0.25) is 5.91 Å². The van der Waals surface area contributed by atoms with Crippen molar-refractivity contribution in [1.29, 1.82) is 0 Å². The van der Waals surface area contributed by atoms with Crippen molar-refractivity contribution in [2.45, 2.75) is 32.7 Å². The minimum atomic E-state index is 0.221. The van der Waals surface area contributed by atoms with Crippen molar-refractivity contribution in [2.75, 3.05) is 53.0 Å². The van der Waals surface area contributed by atoms with Gasteiger partial charge in [0, 0.05) is 39.3 Å². The Morgan fingerprint density at radius 2 is 2.11 bits per heavy atom. The molecule has 1 N–H and O–H groups in total. The fourth-order valence-electron chi connectivity index (χ4n) is 2.55. The lowest BCUT2D eigenvalue weighted by Crippen LogP contribution is -2.45. The minimum Gasteiger partial charge on any atom is -0.383 e. The summed E-state index contributed by atoms with van der Waals surface area (Å²) in [5.41, 5.74) is 0. The van der Waals surface area contributed by atoms with Gasteiger partial charge in [-0.15, -0.1) is 0 Å². The maximum atomic E-state index is 12.2. The largest absolute Gasteiger partial charge is 0.383 e. The van der Waals surface area contributed by atoms with E-state index in [1.165, 1.54) is 12.8 Å². The van der Waals surface area contributed by atoms with Crippen molar-refractivity contribution >= 4 is 5.91 Å². The smallest absolute Gasteiger partial charge is 0.236 e. The summed E-state index contributed by atoms with van der Waals surface area (Å²) in [6.07, 6.45) is 2.45. The summed E-state index contributed by atoms with van der Waals surface area (Å²) in [5, 5.41) is 3.49. The van der Waals surface area contributed by atoms with E-state index in [4.69, 9.17) is 4.74 Å². The third-order valence-electron chi connectivity index (χ3n) is 3.73. The molecule has 1 heterocycles. The molecular formula is C14H29N3O2. The Balaban J connectivity index is 2.44. The highest BCUT2D eigenvalue weighted by Gasteiger charge is 2.20. The van der Waals surface area contributed by atoms with Crippen molar-refractivity contribution in [3.63, 3.8) is 0 Å². The number of methoxy groups -OCH3 is 1. The number of ether oxygens (including phenoxy) is 1. The van der Waals surface area contributed by atoms with Crippen LogP contribution in [0.2, 0.25) is 0 Å². The summed E-state index contributed by atoms with van der Waals surface area (Å²) in [6, 6.07) is 0.529. The highest BCUT2D eigenvalue weighted by atomic mass is 16.5. The van der Waals surface area contributed by atoms with Gasteiger partial charge in [0.1, 0.15) is 0 Å². The number of nitrogens with zero attached hydrogens (tertiary/aromatic N) is 2. The van der Waals surface area contributed by atoms with E-state index < -0.39 is 0 Å². The Hall–Kier alpha value is -0.650. The maximum Gasteiger partial charge on any atom is 0.236 e. The van der Waals surface area contributed by atoms with Gasteiger partial charge in [0.05, 0.1) is 13.2 Å². The second-order valence-electron chi connectivity index (χ2n) is 5.09. The maximum absolute atomic E-state index is 12.2. The highest BCUT2D eigenvalue weighted by molar-refractivity contribution is 5.78. The number of amides is 1. The zero-order valence-electron chi connectivity index (χ0n) is 12.7. The van der Waals surface area contributed by atoms with Crippen molar-refractivity contribution in [1.82, 2.24) is 15.1 Å². The molecule has 0 bridgehead atoms. The van der Waals surface area contributed by atoms with Gasteiger partial charge in [-0.1, -0.05) is 0 Å². The first-order valence-corrected chi connectivity index (χ1v) is 7.43. The number of hydrogen-bond donors (Lipinski definition) is 1. The lowest BCUT2D eigenvalue weighted by atomic mass is 10.2. The molecule has 1 atom stereocenters. The van der Waals surface area contributed by atoms with E-state index in [0.29, 0.717) is 19.2 Å². The molecule has 0 spiro atoms. The SMILES string of the molecule is CCN(CC)C(=O)CN(CCOC)CC1CCCN1. The molecule has 1 fully saturated rings. The summed E-state index contributed by atoms with van der Waals surface area (Å²) in [7, 11) is 1.71. The summed E-state index contributed by atoms with van der Waals surface area (Å²) in [6.45, 7) is 9.68. The van der Waals surface area contributed by atoms with Gasteiger partial charge in [-0.2, -0.15) is 0 Å². The molecule has 1 rings (SSSR count). The summed E-state index contributed by atoms with van der Waals surface area (Å²) in [5.74, 6) is 0.221. The van der Waals surface area contributed by atoms with Crippen LogP contribution >= 0.6 is 0 Å². The Bertz CT molecular complexity index is 251. The summed E-state index contributed by atoms with van der Waals surface area (Å²) >= 11 is 0. The normalized spacial score (nSPS) is 19.1. The van der Waals surface area contributed by atoms with Crippen LogP contribution in [0.1, 0.15) is 26.7 Å². The molecule has 1 saturated heterocycles. The molecule has 19 heavy (non-hydrogen) atoms. The monoisotopic (exact) mass is 271 g/mol. The van der Waals surface area contributed by atoms with Crippen LogP contribution in [-0.2, 0) is 9.53 Å². The molecule has 0 aromatic rings. The predicted octanol–water partition coefficient (Wildman–Crippen LogP) is 0.555. The Kier molecular flexibility index (Phi) is 8.02. The molecule has 1 unspecified atom stereocenters. The second kappa shape index (κ2) is 9.28. The Labute approximate surface area is 117 Å². The molecule has 112 valence electrons. The summed E-state index contributed by atoms with van der Waals surface area (Å²) in [4.78, 5) is 16.3. The Morgan fingerprint density at radius 3 is 2.63 bits per heavy atom. The fourth-order valence-corrected chi connectivity index (χ4v) is 2.55. The number of likely N-dealkylation sites (N-methyl/N-ethyl adjacent to an activating group) is 1. The predicted molar refractivity (Wildman–Crippen MR) is 77.3 cm³/mol. The topological polar surface area (TPSA) is 44.8 Å². The zero-order valence-corrected chi connectivity index (χ0v) is 12.7. The van der Waals surface area contributed by atoms with Gasteiger partial charge in [0.25, 0.3) is 0 Å². The van der Waals surface area contributed by atoms with Gasteiger partial charge < -0.3 is 15.0 Å². The number of carbonyl (C=O) groups is 1. The molecule has 5 nitrogen and oxygen atoms in total. The zero-order chi connectivity index (χ0) is 14.1. The van der Waals surface area contributed by atoms with Gasteiger partial charge in [-0.3, -0.25) is 9.69 Å². The number of nitrogens with one attached hydrogen (secondary N) is 1. The first-order chi connectivity index (χ1) is 9.21. The fraction of sp³-hybridized carbons (Fsp3) is 0.929. The molecule has 0 radical (unpaired) electrons. The van der Waals surface area contributed by atoms with Crippen LogP contribution in [0.3, 0.4) is 0 Å². The molecule has 1 aliphatic rings. The van der Waals surface area contributed by atoms with Crippen LogP contribution in [-0.4, -0.2) is 74.7 Å². The average Bonchev–Trinajstić information content (AvgIpc) is 2.90. The number of rotatable bonds is 9. The lowest BCUT2D eigenvalue weighted by Gasteiger charge is -2.27. The van der Waals surface area contributed by atoms with E-state index in [9.17, 15) is 4.79 Å². The van der Waals surface area contributed by atoms with Crippen molar-refractivity contribution in [3.05, 3.63) is 0 Å². The quantitative estimate of drug-likeness (QED) is 0.665. The first kappa shape index (κ1) is 16.4. The second-order valence-corrected chi connectivity index (χ2v) is 5.09. The van der Waals surface area contributed by atoms with Crippen LogP contribution in [0.15, 0.2) is 0 Å². The molecule has 0 aliphatic carbocycles. The first-order valence-electron chi connectivity index (χ1n) is 7.43. The van der Waals surface area contributed by atoms with Gasteiger partial charge in [0.15, 0.2) is 0 Å². The van der Waals surface area contributed by atoms with E-state index in [1.54, 1.807) is 7.11 Å². The molecule has 1 aliphatic heterocycles. The third-order valence-corrected chi connectivity index (χ3v) is 3.73. The van der Waals surface area contributed by atoms with Crippen molar-refractivity contribution in [2.24, 2.45) is 0 Å². The van der Waals surface area contributed by atoms with Crippen molar-refractivity contribution < 1.29 is 9.53 Å². The molecular weight excluding hydrogens is 242 g/mol. The lowest BCUT2D eigenvalue weighted by molar-refractivity contribution is -0.132. The number of hydrogen-bond acceptors (Lipinski definition) is 4. The summed E-state index contributed by atoms with van der Waals surface area (Å²) < 4.78 is 5.14. The van der Waals surface area contributed by atoms with Gasteiger partial charge in [-0.05, 0) is 33.2 Å². The highest BCUT2D eigenvalue weighted by Crippen LogP contribution is 2.07. The van der Waals surface area contributed by atoms with Crippen LogP contribution < -0.4 is 5.32 Å². The molecule has 0 aromatic heterocycles. The van der Waals surface area contributed by atoms with Crippen LogP contribution in [0.5, 0.6) is 0 Å². The van der Waals surface area contributed by atoms with Crippen molar-refractivity contribution in [3.8, 4) is 0 Å². The molecule has 5 heteroatoms. The van der Waals surface area contributed by atoms with E-state index in [2.05, 4.69) is 10.2 Å². The molecule has 0 aromatic carbocycles. The van der Waals surface area contributed by atoms with Crippen LogP contribution in [0, 0.1) is 0 Å².